The molecular weight excluding hydrogens is 376 g/mol. The molecule has 1 aliphatic heterocycles. The van der Waals surface area contributed by atoms with Gasteiger partial charge in [0.05, 0.1) is 0 Å². The van der Waals surface area contributed by atoms with Gasteiger partial charge in [-0.3, -0.25) is 19.3 Å². The molecule has 0 bridgehead atoms. The monoisotopic (exact) mass is 398 g/mol. The Morgan fingerprint density at radius 2 is 2.07 bits per heavy atom. The molecule has 2 aromatic rings. The first-order valence-electron chi connectivity index (χ1n) is 9.72. The van der Waals surface area contributed by atoms with Gasteiger partial charge in [-0.1, -0.05) is 38.0 Å². The van der Waals surface area contributed by atoms with Crippen LogP contribution in [0.2, 0.25) is 0 Å². The van der Waals surface area contributed by atoms with Crippen LogP contribution in [0.5, 0.6) is 0 Å². The third-order valence-electron chi connectivity index (χ3n) is 5.85. The molecule has 2 fully saturated rings. The number of ketones is 1. The number of esters is 1. The first kappa shape index (κ1) is 19.2. The molecule has 1 aromatic heterocycles. The van der Waals surface area contributed by atoms with Gasteiger partial charge in [-0.25, -0.2) is 4.79 Å². The van der Waals surface area contributed by atoms with Crippen LogP contribution in [0.1, 0.15) is 43.2 Å². The summed E-state index contributed by atoms with van der Waals surface area (Å²) in [5.74, 6) is -1.62. The van der Waals surface area contributed by atoms with Gasteiger partial charge in [0.1, 0.15) is 17.7 Å². The zero-order valence-electron chi connectivity index (χ0n) is 16.1. The van der Waals surface area contributed by atoms with Crippen molar-refractivity contribution in [3.05, 3.63) is 36.1 Å². The Morgan fingerprint density at radius 3 is 2.83 bits per heavy atom. The van der Waals surface area contributed by atoms with Crippen molar-refractivity contribution in [2.75, 3.05) is 13.2 Å². The van der Waals surface area contributed by atoms with Gasteiger partial charge in [-0.15, -0.1) is 0 Å². The van der Waals surface area contributed by atoms with E-state index in [0.29, 0.717) is 12.0 Å². The van der Waals surface area contributed by atoms with Gasteiger partial charge in [0, 0.05) is 5.39 Å². The van der Waals surface area contributed by atoms with Crippen molar-refractivity contribution in [1.29, 1.82) is 0 Å². The summed E-state index contributed by atoms with van der Waals surface area (Å²) in [5.41, 5.74) is -0.368. The van der Waals surface area contributed by atoms with Gasteiger partial charge < -0.3 is 14.5 Å². The molecule has 8 heteroatoms. The van der Waals surface area contributed by atoms with E-state index >= 15 is 0 Å². The largest absolute Gasteiger partial charge is 0.456 e. The van der Waals surface area contributed by atoms with Gasteiger partial charge in [0.2, 0.25) is 5.78 Å². The normalized spacial score (nSPS) is 24.2. The Morgan fingerprint density at radius 1 is 1.28 bits per heavy atom. The summed E-state index contributed by atoms with van der Waals surface area (Å²) in [7, 11) is 0. The van der Waals surface area contributed by atoms with Crippen molar-refractivity contribution in [2.24, 2.45) is 5.92 Å². The molecule has 1 spiro atoms. The van der Waals surface area contributed by atoms with E-state index in [4.69, 9.17) is 9.15 Å². The number of amides is 3. The quantitative estimate of drug-likeness (QED) is 0.472. The summed E-state index contributed by atoms with van der Waals surface area (Å²) >= 11 is 0. The summed E-state index contributed by atoms with van der Waals surface area (Å²) in [6.07, 6.45) is 3.27. The lowest BCUT2D eigenvalue weighted by Gasteiger charge is -2.36. The van der Waals surface area contributed by atoms with Crippen molar-refractivity contribution in [3.8, 4) is 0 Å². The van der Waals surface area contributed by atoms with Crippen LogP contribution in [-0.2, 0) is 14.3 Å². The molecule has 2 atom stereocenters. The summed E-state index contributed by atoms with van der Waals surface area (Å²) in [6, 6.07) is 8.14. The molecule has 1 saturated heterocycles. The van der Waals surface area contributed by atoms with Gasteiger partial charge in [0.25, 0.3) is 5.91 Å². The second-order valence-electron chi connectivity index (χ2n) is 7.67. The maximum absolute atomic E-state index is 12.9. The molecule has 8 nitrogen and oxygen atoms in total. The summed E-state index contributed by atoms with van der Waals surface area (Å²) in [4.78, 5) is 50.4. The number of nitrogens with zero attached hydrogens (tertiary/aromatic N) is 1. The summed E-state index contributed by atoms with van der Waals surface area (Å²) in [6.45, 7) is 0.890. The highest BCUT2D eigenvalue weighted by Crippen LogP contribution is 2.38. The predicted molar refractivity (Wildman–Crippen MR) is 102 cm³/mol. The van der Waals surface area contributed by atoms with Crippen LogP contribution in [-0.4, -0.2) is 47.3 Å². The number of benzene rings is 1. The van der Waals surface area contributed by atoms with Gasteiger partial charge in [0.15, 0.2) is 12.4 Å². The van der Waals surface area contributed by atoms with Crippen molar-refractivity contribution < 1.29 is 28.3 Å². The number of furan rings is 1. The minimum absolute atomic E-state index is 0.00313. The van der Waals surface area contributed by atoms with E-state index in [2.05, 4.69) is 5.32 Å². The van der Waals surface area contributed by atoms with Crippen LogP contribution in [0.4, 0.5) is 4.79 Å². The fourth-order valence-corrected chi connectivity index (χ4v) is 4.15. The lowest BCUT2D eigenvalue weighted by molar-refractivity contribution is -0.147. The van der Waals surface area contributed by atoms with Gasteiger partial charge in [-0.2, -0.15) is 0 Å². The topological polar surface area (TPSA) is 106 Å². The maximum Gasteiger partial charge on any atom is 0.326 e. The van der Waals surface area contributed by atoms with Crippen molar-refractivity contribution in [3.63, 3.8) is 0 Å². The van der Waals surface area contributed by atoms with Crippen LogP contribution in [0.15, 0.2) is 34.7 Å². The Hall–Kier alpha value is -3.16. The van der Waals surface area contributed by atoms with Crippen LogP contribution >= 0.6 is 0 Å². The molecule has 4 rings (SSSR count). The molecule has 1 N–H and O–H groups in total. The number of para-hydroxylation sites is 1. The van der Waals surface area contributed by atoms with E-state index < -0.39 is 42.4 Å². The van der Waals surface area contributed by atoms with E-state index in [-0.39, 0.29) is 11.7 Å². The lowest BCUT2D eigenvalue weighted by atomic mass is 9.73. The number of urea groups is 1. The number of carbonyl (C=O) groups is 4. The molecule has 0 radical (unpaired) electrons. The standard InChI is InChI=1S/C21H22N2O6/c1-13-6-4-5-9-21(13)19(26)23(20(27)22-21)11-18(25)28-12-15(24)17-10-14-7-2-3-8-16(14)29-17/h2-3,7-8,10,13H,4-6,9,11-12H2,1H3,(H,22,27)/t13-,21+/m0/s1. The lowest BCUT2D eigenvalue weighted by Crippen LogP contribution is -2.54. The number of fused-ring (bicyclic) bond motifs is 1. The van der Waals surface area contributed by atoms with Crippen LogP contribution in [0.25, 0.3) is 11.0 Å². The highest BCUT2D eigenvalue weighted by Gasteiger charge is 2.55. The molecule has 152 valence electrons. The third kappa shape index (κ3) is 3.39. The number of ether oxygens (including phenoxy) is 1. The third-order valence-corrected chi connectivity index (χ3v) is 5.85. The highest BCUT2D eigenvalue weighted by molar-refractivity contribution is 6.09. The molecule has 3 amide bonds. The van der Waals surface area contributed by atoms with Crippen LogP contribution in [0, 0.1) is 5.92 Å². The second kappa shape index (κ2) is 7.35. The number of imide groups is 1. The Kier molecular flexibility index (Phi) is 4.86. The minimum Gasteiger partial charge on any atom is -0.456 e. The zero-order valence-corrected chi connectivity index (χ0v) is 16.1. The first-order valence-corrected chi connectivity index (χ1v) is 9.72. The smallest absolute Gasteiger partial charge is 0.326 e. The predicted octanol–water partition coefficient (Wildman–Crippen LogP) is 2.66. The average molecular weight is 398 g/mol. The number of hydrogen-bond donors (Lipinski definition) is 1. The molecule has 0 unspecified atom stereocenters. The van der Waals surface area contributed by atoms with Crippen molar-refractivity contribution in [2.45, 2.75) is 38.1 Å². The summed E-state index contributed by atoms with van der Waals surface area (Å²) < 4.78 is 10.4. The number of nitrogens with one attached hydrogen (secondary N) is 1. The molecule has 1 aromatic carbocycles. The van der Waals surface area contributed by atoms with Crippen LogP contribution < -0.4 is 5.32 Å². The number of carbonyl (C=O) groups excluding carboxylic acids is 4. The zero-order chi connectivity index (χ0) is 20.6. The van der Waals surface area contributed by atoms with Gasteiger partial charge >= 0.3 is 12.0 Å². The first-order chi connectivity index (χ1) is 13.9. The van der Waals surface area contributed by atoms with Crippen LogP contribution in [0.3, 0.4) is 0 Å². The fourth-order valence-electron chi connectivity index (χ4n) is 4.15. The van der Waals surface area contributed by atoms with E-state index in [0.717, 1.165) is 29.5 Å². The molecule has 1 aliphatic carbocycles. The van der Waals surface area contributed by atoms with E-state index in [1.807, 2.05) is 13.0 Å². The molecule has 2 aliphatic rings. The molecule has 1 saturated carbocycles. The van der Waals surface area contributed by atoms with Gasteiger partial charge in [-0.05, 0) is 30.9 Å². The Labute approximate surface area is 167 Å². The Bertz CT molecular complexity index is 963. The highest BCUT2D eigenvalue weighted by atomic mass is 16.5. The summed E-state index contributed by atoms with van der Waals surface area (Å²) in [5, 5.41) is 3.55. The van der Waals surface area contributed by atoms with E-state index in [1.165, 1.54) is 0 Å². The second-order valence-corrected chi connectivity index (χ2v) is 7.67. The van der Waals surface area contributed by atoms with E-state index in [9.17, 15) is 19.2 Å². The molecule has 29 heavy (non-hydrogen) atoms. The van der Waals surface area contributed by atoms with Crippen molar-refractivity contribution in [1.82, 2.24) is 10.2 Å². The SMILES string of the molecule is C[C@H]1CCCC[C@@]12NC(=O)N(CC(=O)OCC(=O)c1cc3ccccc3o1)C2=O. The number of Topliss-reactive ketones (excluding diaryl/α,β-unsaturated/α-hetero) is 1. The minimum atomic E-state index is -0.931. The average Bonchev–Trinajstić information content (AvgIpc) is 3.24. The molecule has 2 heterocycles. The number of hydrogen-bond acceptors (Lipinski definition) is 6. The van der Waals surface area contributed by atoms with E-state index in [1.54, 1.807) is 24.3 Å². The maximum atomic E-state index is 12.9. The Balaban J connectivity index is 1.36. The molecular formula is C21H22N2O6. The van der Waals surface area contributed by atoms with Crippen molar-refractivity contribution >= 4 is 34.7 Å². The number of rotatable bonds is 5. The fraction of sp³-hybridized carbons (Fsp3) is 0.429.